The molecule has 0 aliphatic carbocycles. The summed E-state index contributed by atoms with van der Waals surface area (Å²) < 4.78 is 8.62. The average Bonchev–Trinajstić information content (AvgIpc) is 3.12. The number of fused-ring (bicyclic) bond motifs is 3. The Hall–Kier alpha value is -4.46. The molecule has 3 aromatic carbocycles. The molecule has 5 aromatic rings. The first-order chi connectivity index (χ1) is 16.0. The molecule has 0 atom stereocenters. The van der Waals surface area contributed by atoms with Gasteiger partial charge in [0.15, 0.2) is 0 Å². The second kappa shape index (κ2) is 8.23. The summed E-state index contributed by atoms with van der Waals surface area (Å²) in [6, 6.07) is 22.2. The lowest BCUT2D eigenvalue weighted by atomic mass is 10.2. The number of amides is 1. The van der Waals surface area contributed by atoms with Crippen LogP contribution in [0.1, 0.15) is 11.1 Å². The zero-order valence-corrected chi connectivity index (χ0v) is 18.1. The van der Waals surface area contributed by atoms with E-state index < -0.39 is 5.69 Å². The lowest BCUT2D eigenvalue weighted by Crippen LogP contribution is -2.28. The molecule has 0 saturated carbocycles. The standard InChI is InChI=1S/C25H21N5O3/c1-16-8-7-10-18(14-16)26-22(31)15-29-25(32)30-20-12-5-4-11-19(20)27-24(23(30)28-29)33-21-13-6-3-9-17(21)2/h3-14H,15H2,1-2H3,(H,26,31). The van der Waals surface area contributed by atoms with Crippen LogP contribution in [-0.2, 0) is 11.3 Å². The van der Waals surface area contributed by atoms with Crippen molar-refractivity contribution >= 4 is 28.3 Å². The number of nitrogens with zero attached hydrogens (tertiary/aromatic N) is 4. The zero-order chi connectivity index (χ0) is 22.9. The van der Waals surface area contributed by atoms with Gasteiger partial charge in [-0.3, -0.25) is 4.79 Å². The highest BCUT2D eigenvalue weighted by Crippen LogP contribution is 2.28. The van der Waals surface area contributed by atoms with Crippen molar-refractivity contribution in [2.24, 2.45) is 0 Å². The summed E-state index contributed by atoms with van der Waals surface area (Å²) >= 11 is 0. The van der Waals surface area contributed by atoms with Crippen molar-refractivity contribution in [3.05, 3.63) is 94.4 Å². The summed E-state index contributed by atoms with van der Waals surface area (Å²) in [5, 5.41) is 7.21. The van der Waals surface area contributed by atoms with Crippen LogP contribution in [0.15, 0.2) is 77.6 Å². The fourth-order valence-electron chi connectivity index (χ4n) is 3.68. The molecular weight excluding hydrogens is 418 g/mol. The van der Waals surface area contributed by atoms with Crippen molar-refractivity contribution < 1.29 is 9.53 Å². The van der Waals surface area contributed by atoms with Gasteiger partial charge in [-0.2, -0.15) is 0 Å². The highest BCUT2D eigenvalue weighted by molar-refractivity contribution is 5.90. The number of hydrogen-bond donors (Lipinski definition) is 1. The summed E-state index contributed by atoms with van der Waals surface area (Å²) in [5.74, 6) is 0.448. The molecule has 0 fully saturated rings. The van der Waals surface area contributed by atoms with Crippen molar-refractivity contribution in [3.63, 3.8) is 0 Å². The van der Waals surface area contributed by atoms with Crippen LogP contribution in [0.3, 0.4) is 0 Å². The smallest absolute Gasteiger partial charge is 0.351 e. The molecule has 2 aromatic heterocycles. The van der Waals surface area contributed by atoms with Crippen molar-refractivity contribution in [2.75, 3.05) is 5.32 Å². The molecule has 0 aliphatic heterocycles. The summed E-state index contributed by atoms with van der Waals surface area (Å²) in [6.45, 7) is 3.62. The monoisotopic (exact) mass is 439 g/mol. The highest BCUT2D eigenvalue weighted by atomic mass is 16.5. The van der Waals surface area contributed by atoms with Crippen LogP contribution >= 0.6 is 0 Å². The minimum Gasteiger partial charge on any atom is -0.436 e. The van der Waals surface area contributed by atoms with Crippen molar-refractivity contribution in [3.8, 4) is 11.6 Å². The Labute approximate surface area is 189 Å². The number of aromatic nitrogens is 4. The first-order valence-corrected chi connectivity index (χ1v) is 10.5. The summed E-state index contributed by atoms with van der Waals surface area (Å²) in [5.41, 5.74) is 3.56. The van der Waals surface area contributed by atoms with Gasteiger partial charge in [0, 0.05) is 5.69 Å². The van der Waals surface area contributed by atoms with Crippen molar-refractivity contribution in [2.45, 2.75) is 20.4 Å². The van der Waals surface area contributed by atoms with Gasteiger partial charge in [0.1, 0.15) is 12.3 Å². The maximum absolute atomic E-state index is 13.3. The fourth-order valence-corrected chi connectivity index (χ4v) is 3.68. The molecular formula is C25H21N5O3. The highest BCUT2D eigenvalue weighted by Gasteiger charge is 2.19. The van der Waals surface area contributed by atoms with Crippen LogP contribution in [0.4, 0.5) is 5.69 Å². The predicted octanol–water partition coefficient (Wildman–Crippen LogP) is 4.09. The zero-order valence-electron chi connectivity index (χ0n) is 18.1. The Balaban J connectivity index is 1.57. The van der Waals surface area contributed by atoms with Gasteiger partial charge in [-0.15, -0.1) is 5.10 Å². The van der Waals surface area contributed by atoms with Gasteiger partial charge in [0.25, 0.3) is 5.88 Å². The summed E-state index contributed by atoms with van der Waals surface area (Å²) in [4.78, 5) is 30.5. The number of carbonyl (C=O) groups excluding carboxylic acids is 1. The second-order valence-electron chi connectivity index (χ2n) is 7.79. The first kappa shape index (κ1) is 20.4. The number of anilines is 1. The molecule has 8 heteroatoms. The first-order valence-electron chi connectivity index (χ1n) is 10.5. The van der Waals surface area contributed by atoms with E-state index in [0.717, 1.165) is 15.8 Å². The van der Waals surface area contributed by atoms with Crippen LogP contribution in [0.25, 0.3) is 16.7 Å². The second-order valence-corrected chi connectivity index (χ2v) is 7.79. The van der Waals surface area contributed by atoms with E-state index in [1.807, 2.05) is 68.4 Å². The van der Waals surface area contributed by atoms with Crippen LogP contribution in [-0.4, -0.2) is 25.1 Å². The molecule has 164 valence electrons. The SMILES string of the molecule is Cc1cccc(NC(=O)Cn2nc3c(Oc4ccccc4C)nc4ccccc4n3c2=O)c1. The maximum Gasteiger partial charge on any atom is 0.351 e. The van der Waals surface area contributed by atoms with E-state index in [-0.39, 0.29) is 24.0 Å². The van der Waals surface area contributed by atoms with Gasteiger partial charge in [-0.05, 0) is 55.3 Å². The third kappa shape index (κ3) is 3.94. The van der Waals surface area contributed by atoms with Gasteiger partial charge in [-0.25, -0.2) is 18.9 Å². The van der Waals surface area contributed by atoms with Crippen LogP contribution in [0.2, 0.25) is 0 Å². The van der Waals surface area contributed by atoms with E-state index in [9.17, 15) is 9.59 Å². The minimum atomic E-state index is -0.447. The average molecular weight is 439 g/mol. The topological polar surface area (TPSA) is 90.5 Å². The number of hydrogen-bond acceptors (Lipinski definition) is 5. The fraction of sp³-hybridized carbons (Fsp3) is 0.120. The number of aryl methyl sites for hydroxylation is 2. The number of carbonyl (C=O) groups is 1. The lowest BCUT2D eigenvalue weighted by Gasteiger charge is -2.09. The van der Waals surface area contributed by atoms with Crippen molar-refractivity contribution in [1.82, 2.24) is 19.2 Å². The maximum atomic E-state index is 13.3. The van der Waals surface area contributed by atoms with Crippen LogP contribution in [0, 0.1) is 13.8 Å². The van der Waals surface area contributed by atoms with Crippen LogP contribution < -0.4 is 15.7 Å². The van der Waals surface area contributed by atoms with E-state index in [2.05, 4.69) is 15.4 Å². The van der Waals surface area contributed by atoms with E-state index in [1.54, 1.807) is 18.2 Å². The van der Waals surface area contributed by atoms with Gasteiger partial charge in [0.05, 0.1) is 11.0 Å². The minimum absolute atomic E-state index is 0.193. The molecule has 0 unspecified atom stereocenters. The van der Waals surface area contributed by atoms with Gasteiger partial charge >= 0.3 is 5.69 Å². The Kier molecular flexibility index (Phi) is 5.10. The Morgan fingerprint density at radius 3 is 2.61 bits per heavy atom. The Morgan fingerprint density at radius 1 is 1.00 bits per heavy atom. The Bertz CT molecular complexity index is 1570. The molecule has 33 heavy (non-hydrogen) atoms. The van der Waals surface area contributed by atoms with E-state index in [4.69, 9.17) is 4.74 Å². The molecule has 0 bridgehead atoms. The lowest BCUT2D eigenvalue weighted by molar-refractivity contribution is -0.117. The quantitative estimate of drug-likeness (QED) is 0.445. The van der Waals surface area contributed by atoms with E-state index in [0.29, 0.717) is 22.5 Å². The molecule has 1 amide bonds. The normalized spacial score (nSPS) is 11.1. The molecule has 1 N–H and O–H groups in total. The molecule has 0 spiro atoms. The summed E-state index contributed by atoms with van der Waals surface area (Å²) in [7, 11) is 0. The number of benzene rings is 3. The number of ether oxygens (including phenoxy) is 1. The largest absolute Gasteiger partial charge is 0.436 e. The molecule has 5 rings (SSSR count). The molecule has 8 nitrogen and oxygen atoms in total. The van der Waals surface area contributed by atoms with Gasteiger partial charge in [0.2, 0.25) is 11.6 Å². The molecule has 0 radical (unpaired) electrons. The van der Waals surface area contributed by atoms with E-state index in [1.165, 1.54) is 4.40 Å². The third-order valence-electron chi connectivity index (χ3n) is 5.27. The molecule has 0 aliphatic rings. The Morgan fingerprint density at radius 2 is 1.79 bits per heavy atom. The third-order valence-corrected chi connectivity index (χ3v) is 5.27. The van der Waals surface area contributed by atoms with Crippen molar-refractivity contribution in [1.29, 1.82) is 0 Å². The predicted molar refractivity (Wildman–Crippen MR) is 126 cm³/mol. The summed E-state index contributed by atoms with van der Waals surface area (Å²) in [6.07, 6.45) is 0. The van der Waals surface area contributed by atoms with Gasteiger partial charge < -0.3 is 10.1 Å². The van der Waals surface area contributed by atoms with E-state index >= 15 is 0 Å². The number of rotatable bonds is 5. The number of nitrogens with one attached hydrogen (secondary N) is 1. The van der Waals surface area contributed by atoms with Gasteiger partial charge in [-0.1, -0.05) is 42.5 Å². The molecule has 2 heterocycles. The number of para-hydroxylation sites is 3. The van der Waals surface area contributed by atoms with Crippen LogP contribution in [0.5, 0.6) is 11.6 Å². The molecule has 0 saturated heterocycles.